The molecule has 1 aromatic carbocycles. The van der Waals surface area contributed by atoms with E-state index in [1.165, 1.54) is 41.7 Å². The monoisotopic (exact) mass is 244 g/mol. The first-order valence-electron chi connectivity index (χ1n) is 7.16. The summed E-state index contributed by atoms with van der Waals surface area (Å²) in [7, 11) is 2.13. The van der Waals surface area contributed by atoms with Crippen LogP contribution in [-0.4, -0.2) is 9.55 Å². The molecule has 0 N–H and O–H groups in total. The molecule has 0 aliphatic heterocycles. The smallest absolute Gasteiger partial charge is 0.112 e. The fourth-order valence-electron chi connectivity index (χ4n) is 2.19. The first-order chi connectivity index (χ1) is 8.71. The van der Waals surface area contributed by atoms with Gasteiger partial charge in [-0.15, -0.1) is 0 Å². The second kappa shape index (κ2) is 5.55. The zero-order valence-corrected chi connectivity index (χ0v) is 12.0. The lowest BCUT2D eigenvalue weighted by molar-refractivity contribution is 0.820. The molecule has 1 aromatic heterocycles. The SMILES string of the molecule is CCC.CCc1ccc2c(c1)nc(C1CC1)n2C. The Labute approximate surface area is 110 Å². The van der Waals surface area contributed by atoms with Gasteiger partial charge in [0.1, 0.15) is 5.82 Å². The molecule has 0 amide bonds. The molecule has 0 radical (unpaired) electrons. The fourth-order valence-corrected chi connectivity index (χ4v) is 2.19. The number of benzene rings is 1. The van der Waals surface area contributed by atoms with E-state index in [2.05, 4.69) is 50.6 Å². The number of rotatable bonds is 2. The molecule has 0 spiro atoms. The molecule has 18 heavy (non-hydrogen) atoms. The van der Waals surface area contributed by atoms with Crippen LogP contribution < -0.4 is 0 Å². The summed E-state index contributed by atoms with van der Waals surface area (Å²) in [6.07, 6.45) is 4.97. The Hall–Kier alpha value is -1.31. The Bertz CT molecular complexity index is 521. The quantitative estimate of drug-likeness (QED) is 0.764. The van der Waals surface area contributed by atoms with Crippen LogP contribution in [0.1, 0.15) is 57.3 Å². The molecule has 0 atom stereocenters. The third kappa shape index (κ3) is 2.58. The van der Waals surface area contributed by atoms with Crippen molar-refractivity contribution in [1.29, 1.82) is 0 Å². The van der Waals surface area contributed by atoms with Crippen molar-refractivity contribution in [2.75, 3.05) is 0 Å². The van der Waals surface area contributed by atoms with Gasteiger partial charge in [0, 0.05) is 13.0 Å². The molecule has 3 rings (SSSR count). The molecule has 0 unspecified atom stereocenters. The highest BCUT2D eigenvalue weighted by Gasteiger charge is 2.28. The van der Waals surface area contributed by atoms with E-state index in [1.54, 1.807) is 0 Å². The average molecular weight is 244 g/mol. The van der Waals surface area contributed by atoms with Crippen LogP contribution in [0.25, 0.3) is 11.0 Å². The van der Waals surface area contributed by atoms with Crippen molar-refractivity contribution >= 4 is 11.0 Å². The molecule has 1 heterocycles. The van der Waals surface area contributed by atoms with Gasteiger partial charge < -0.3 is 4.57 Å². The number of fused-ring (bicyclic) bond motifs is 1. The fraction of sp³-hybridized carbons (Fsp3) is 0.562. The Morgan fingerprint density at radius 2 is 1.89 bits per heavy atom. The molecule has 98 valence electrons. The van der Waals surface area contributed by atoms with Gasteiger partial charge in [-0.1, -0.05) is 33.3 Å². The summed E-state index contributed by atoms with van der Waals surface area (Å²) in [5.41, 5.74) is 3.82. The normalized spacial score (nSPS) is 14.4. The maximum absolute atomic E-state index is 4.75. The molecule has 2 nitrogen and oxygen atoms in total. The lowest BCUT2D eigenvalue weighted by Crippen LogP contribution is -1.94. The zero-order chi connectivity index (χ0) is 13.1. The van der Waals surface area contributed by atoms with Crippen molar-refractivity contribution in [2.45, 2.75) is 52.4 Å². The van der Waals surface area contributed by atoms with Crippen LogP contribution in [-0.2, 0) is 13.5 Å². The van der Waals surface area contributed by atoms with Gasteiger partial charge in [0.25, 0.3) is 0 Å². The molecule has 2 heteroatoms. The minimum Gasteiger partial charge on any atom is -0.331 e. The Balaban J connectivity index is 0.000000367. The molecule has 1 aliphatic rings. The summed E-state index contributed by atoms with van der Waals surface area (Å²) in [6, 6.07) is 6.63. The van der Waals surface area contributed by atoms with Crippen molar-refractivity contribution in [3.63, 3.8) is 0 Å². The topological polar surface area (TPSA) is 17.8 Å². The van der Waals surface area contributed by atoms with E-state index in [9.17, 15) is 0 Å². The van der Waals surface area contributed by atoms with E-state index in [-0.39, 0.29) is 0 Å². The van der Waals surface area contributed by atoms with Crippen LogP contribution in [0.4, 0.5) is 0 Å². The van der Waals surface area contributed by atoms with Crippen LogP contribution in [0.3, 0.4) is 0 Å². The number of aromatic nitrogens is 2. The van der Waals surface area contributed by atoms with Gasteiger partial charge in [-0.3, -0.25) is 0 Å². The first-order valence-corrected chi connectivity index (χ1v) is 7.16. The Morgan fingerprint density at radius 3 is 2.44 bits per heavy atom. The van der Waals surface area contributed by atoms with E-state index >= 15 is 0 Å². The maximum Gasteiger partial charge on any atom is 0.112 e. The minimum atomic E-state index is 0.729. The second-order valence-corrected chi connectivity index (χ2v) is 5.19. The second-order valence-electron chi connectivity index (χ2n) is 5.19. The highest BCUT2D eigenvalue weighted by Crippen LogP contribution is 2.40. The molecule has 1 saturated carbocycles. The van der Waals surface area contributed by atoms with Gasteiger partial charge in [-0.25, -0.2) is 4.98 Å². The minimum absolute atomic E-state index is 0.729. The predicted molar refractivity (Wildman–Crippen MR) is 78.0 cm³/mol. The van der Waals surface area contributed by atoms with Crippen molar-refractivity contribution in [3.05, 3.63) is 29.6 Å². The summed E-state index contributed by atoms with van der Waals surface area (Å²) >= 11 is 0. The van der Waals surface area contributed by atoms with Crippen molar-refractivity contribution in [3.8, 4) is 0 Å². The van der Waals surface area contributed by atoms with Gasteiger partial charge in [0.05, 0.1) is 11.0 Å². The standard InChI is InChI=1S/C13H16N2.C3H8/c1-3-9-4-7-12-11(8-9)14-13(15(12)2)10-5-6-10;1-3-2/h4,7-8,10H,3,5-6H2,1-2H3;3H2,1-2H3. The third-order valence-corrected chi connectivity index (χ3v) is 3.33. The molecular formula is C16H24N2. The predicted octanol–water partition coefficient (Wildman–Crippen LogP) is 4.43. The summed E-state index contributed by atoms with van der Waals surface area (Å²) in [6.45, 7) is 6.44. The molecule has 1 fully saturated rings. The summed E-state index contributed by atoms with van der Waals surface area (Å²) in [4.78, 5) is 4.75. The lowest BCUT2D eigenvalue weighted by Gasteiger charge is -1.99. The number of aryl methyl sites for hydroxylation is 2. The maximum atomic E-state index is 4.75. The van der Waals surface area contributed by atoms with Crippen LogP contribution in [0.2, 0.25) is 0 Å². The summed E-state index contributed by atoms with van der Waals surface area (Å²) in [5.74, 6) is 2.01. The van der Waals surface area contributed by atoms with Crippen molar-refractivity contribution in [2.24, 2.45) is 7.05 Å². The first kappa shape index (κ1) is 13.1. The van der Waals surface area contributed by atoms with E-state index < -0.39 is 0 Å². The van der Waals surface area contributed by atoms with Gasteiger partial charge in [-0.05, 0) is 37.0 Å². The van der Waals surface area contributed by atoms with Crippen LogP contribution in [0, 0.1) is 0 Å². The Morgan fingerprint density at radius 1 is 1.22 bits per heavy atom. The van der Waals surface area contributed by atoms with E-state index in [0.717, 1.165) is 12.3 Å². The van der Waals surface area contributed by atoms with Crippen LogP contribution in [0.5, 0.6) is 0 Å². The van der Waals surface area contributed by atoms with Crippen LogP contribution in [0.15, 0.2) is 18.2 Å². The molecule has 0 saturated heterocycles. The van der Waals surface area contributed by atoms with Crippen molar-refractivity contribution in [1.82, 2.24) is 9.55 Å². The van der Waals surface area contributed by atoms with E-state index in [1.807, 2.05) is 0 Å². The number of imidazole rings is 1. The van der Waals surface area contributed by atoms with Gasteiger partial charge in [-0.2, -0.15) is 0 Å². The number of hydrogen-bond donors (Lipinski definition) is 0. The van der Waals surface area contributed by atoms with Gasteiger partial charge >= 0.3 is 0 Å². The molecule has 2 aromatic rings. The van der Waals surface area contributed by atoms with Crippen LogP contribution >= 0.6 is 0 Å². The van der Waals surface area contributed by atoms with Gasteiger partial charge in [0.2, 0.25) is 0 Å². The van der Waals surface area contributed by atoms with Gasteiger partial charge in [0.15, 0.2) is 0 Å². The van der Waals surface area contributed by atoms with Crippen molar-refractivity contribution < 1.29 is 0 Å². The highest BCUT2D eigenvalue weighted by molar-refractivity contribution is 5.77. The van der Waals surface area contributed by atoms with E-state index in [4.69, 9.17) is 4.98 Å². The molecular weight excluding hydrogens is 220 g/mol. The van der Waals surface area contributed by atoms with E-state index in [0.29, 0.717) is 0 Å². The zero-order valence-electron chi connectivity index (χ0n) is 12.0. The average Bonchev–Trinajstić information content (AvgIpc) is 3.16. The number of nitrogens with zero attached hydrogens (tertiary/aromatic N) is 2. The molecule has 1 aliphatic carbocycles. The lowest BCUT2D eigenvalue weighted by atomic mass is 10.1. The summed E-state index contributed by atoms with van der Waals surface area (Å²) in [5, 5.41) is 0. The number of hydrogen-bond acceptors (Lipinski definition) is 1. The Kier molecular flexibility index (Phi) is 4.05. The highest BCUT2D eigenvalue weighted by atomic mass is 15.1. The largest absolute Gasteiger partial charge is 0.331 e. The summed E-state index contributed by atoms with van der Waals surface area (Å²) < 4.78 is 2.26. The third-order valence-electron chi connectivity index (χ3n) is 3.33. The molecule has 0 bridgehead atoms.